The van der Waals surface area contributed by atoms with Crippen LogP contribution in [0.5, 0.6) is 0 Å². The van der Waals surface area contributed by atoms with Crippen molar-refractivity contribution >= 4 is 11.9 Å². The highest BCUT2D eigenvalue weighted by Crippen LogP contribution is 1.82. The van der Waals surface area contributed by atoms with Gasteiger partial charge in [0.05, 0.1) is 0 Å². The quantitative estimate of drug-likeness (QED) is 0.463. The van der Waals surface area contributed by atoms with Crippen molar-refractivity contribution in [2.75, 3.05) is 13.6 Å². The molecular formula is C7H12N2O3. The van der Waals surface area contributed by atoms with Gasteiger partial charge in [0.15, 0.2) is 0 Å². The number of nitrogens with one attached hydrogen (secondary N) is 2. The summed E-state index contributed by atoms with van der Waals surface area (Å²) in [7, 11) is 1.61. The van der Waals surface area contributed by atoms with Crippen molar-refractivity contribution in [3.63, 3.8) is 0 Å². The number of rotatable bonds is 5. The second-order valence-corrected chi connectivity index (χ2v) is 2.16. The lowest BCUT2D eigenvalue weighted by atomic mass is 10.3. The Bertz CT molecular complexity index is 191. The molecule has 1 amide bonds. The maximum absolute atomic E-state index is 10.7. The Balaban J connectivity index is 4.03. The minimum absolute atomic E-state index is 0.189. The highest BCUT2D eigenvalue weighted by Gasteiger charge is 2.16. The lowest BCUT2D eigenvalue weighted by molar-refractivity contribution is -0.141. The van der Waals surface area contributed by atoms with Gasteiger partial charge in [-0.3, -0.25) is 4.79 Å². The van der Waals surface area contributed by atoms with Crippen LogP contribution >= 0.6 is 0 Å². The first-order valence-electron chi connectivity index (χ1n) is 3.42. The second kappa shape index (κ2) is 5.31. The van der Waals surface area contributed by atoms with Gasteiger partial charge < -0.3 is 15.7 Å². The Morgan fingerprint density at radius 3 is 2.58 bits per heavy atom. The maximum atomic E-state index is 10.7. The number of hydrogen-bond acceptors (Lipinski definition) is 3. The van der Waals surface area contributed by atoms with Gasteiger partial charge in [-0.05, 0) is 13.1 Å². The third kappa shape index (κ3) is 3.72. The van der Waals surface area contributed by atoms with Crippen molar-refractivity contribution in [1.82, 2.24) is 10.6 Å². The third-order valence-corrected chi connectivity index (χ3v) is 1.21. The van der Waals surface area contributed by atoms with Crippen LogP contribution in [0, 0.1) is 0 Å². The molecule has 0 saturated carbocycles. The zero-order valence-electron chi connectivity index (χ0n) is 6.83. The SMILES string of the molecule is C=CC(=O)N[C@@H](CNC)C(=O)O. The summed E-state index contributed by atoms with van der Waals surface area (Å²) in [6.07, 6.45) is 1.03. The molecule has 0 aliphatic heterocycles. The van der Waals surface area contributed by atoms with Crippen molar-refractivity contribution in [2.45, 2.75) is 6.04 Å². The van der Waals surface area contributed by atoms with E-state index in [1.807, 2.05) is 0 Å². The number of carbonyl (C=O) groups excluding carboxylic acids is 1. The van der Waals surface area contributed by atoms with Crippen molar-refractivity contribution in [3.05, 3.63) is 12.7 Å². The lowest BCUT2D eigenvalue weighted by Gasteiger charge is -2.11. The van der Waals surface area contributed by atoms with Gasteiger partial charge in [0, 0.05) is 6.54 Å². The van der Waals surface area contributed by atoms with E-state index >= 15 is 0 Å². The molecule has 0 heterocycles. The molecule has 0 fully saturated rings. The zero-order valence-corrected chi connectivity index (χ0v) is 6.83. The number of amides is 1. The Morgan fingerprint density at radius 2 is 2.25 bits per heavy atom. The van der Waals surface area contributed by atoms with Gasteiger partial charge >= 0.3 is 5.97 Å². The summed E-state index contributed by atoms with van der Waals surface area (Å²) in [6, 6.07) is -0.902. The predicted octanol–water partition coefficient (Wildman–Crippen LogP) is -1.04. The number of carboxylic acid groups (broad SMARTS) is 1. The number of aliphatic carboxylic acids is 1. The molecule has 0 radical (unpaired) electrons. The second-order valence-electron chi connectivity index (χ2n) is 2.16. The molecule has 0 aromatic rings. The molecule has 0 spiro atoms. The van der Waals surface area contributed by atoms with E-state index in [0.717, 1.165) is 6.08 Å². The van der Waals surface area contributed by atoms with E-state index in [9.17, 15) is 9.59 Å². The lowest BCUT2D eigenvalue weighted by Crippen LogP contribution is -2.45. The van der Waals surface area contributed by atoms with E-state index in [2.05, 4.69) is 17.2 Å². The summed E-state index contributed by atoms with van der Waals surface area (Å²) in [5, 5.41) is 13.5. The van der Waals surface area contributed by atoms with E-state index in [0.29, 0.717) is 0 Å². The van der Waals surface area contributed by atoms with Gasteiger partial charge in [-0.2, -0.15) is 0 Å². The first-order chi connectivity index (χ1) is 5.61. The summed E-state index contributed by atoms with van der Waals surface area (Å²) in [5.74, 6) is -1.56. The first-order valence-corrected chi connectivity index (χ1v) is 3.42. The van der Waals surface area contributed by atoms with Gasteiger partial charge in [0.1, 0.15) is 6.04 Å². The molecule has 5 heteroatoms. The molecule has 12 heavy (non-hydrogen) atoms. The topological polar surface area (TPSA) is 78.4 Å². The Labute approximate surface area is 70.5 Å². The van der Waals surface area contributed by atoms with Crippen LogP contribution in [0.2, 0.25) is 0 Å². The highest BCUT2D eigenvalue weighted by atomic mass is 16.4. The minimum atomic E-state index is -1.07. The van der Waals surface area contributed by atoms with Crippen molar-refractivity contribution in [2.24, 2.45) is 0 Å². The number of likely N-dealkylation sites (N-methyl/N-ethyl adjacent to an activating group) is 1. The largest absolute Gasteiger partial charge is 0.480 e. The Morgan fingerprint density at radius 1 is 1.67 bits per heavy atom. The summed E-state index contributed by atoms with van der Waals surface area (Å²) < 4.78 is 0. The standard InChI is InChI=1S/C7H12N2O3/c1-3-6(10)9-5(4-8-2)7(11)12/h3,5,8H,1,4H2,2H3,(H,9,10)(H,11,12)/t5-/m0/s1. The van der Waals surface area contributed by atoms with Crippen molar-refractivity contribution in [3.8, 4) is 0 Å². The third-order valence-electron chi connectivity index (χ3n) is 1.21. The predicted molar refractivity (Wildman–Crippen MR) is 43.7 cm³/mol. The Kier molecular flexibility index (Phi) is 4.71. The van der Waals surface area contributed by atoms with Crippen molar-refractivity contribution in [1.29, 1.82) is 0 Å². The van der Waals surface area contributed by atoms with Gasteiger partial charge in [-0.1, -0.05) is 6.58 Å². The van der Waals surface area contributed by atoms with Crippen LogP contribution in [0.25, 0.3) is 0 Å². The molecule has 0 unspecified atom stereocenters. The molecule has 3 N–H and O–H groups in total. The van der Waals surface area contributed by atoms with Crippen molar-refractivity contribution < 1.29 is 14.7 Å². The van der Waals surface area contributed by atoms with Gasteiger partial charge in [0.25, 0.3) is 0 Å². The fraction of sp³-hybridized carbons (Fsp3) is 0.429. The fourth-order valence-electron chi connectivity index (χ4n) is 0.635. The van der Waals surface area contributed by atoms with E-state index in [4.69, 9.17) is 5.11 Å². The van der Waals surface area contributed by atoms with Gasteiger partial charge in [-0.15, -0.1) is 0 Å². The molecule has 5 nitrogen and oxygen atoms in total. The number of carbonyl (C=O) groups is 2. The van der Waals surface area contributed by atoms with E-state index in [-0.39, 0.29) is 6.54 Å². The average Bonchev–Trinajstić information content (AvgIpc) is 2.03. The van der Waals surface area contributed by atoms with Crippen LogP contribution in [0.15, 0.2) is 12.7 Å². The van der Waals surface area contributed by atoms with Crippen LogP contribution in [-0.2, 0) is 9.59 Å². The molecule has 0 aliphatic carbocycles. The van der Waals surface area contributed by atoms with Crippen LogP contribution in [0.4, 0.5) is 0 Å². The summed E-state index contributed by atoms with van der Waals surface area (Å²) >= 11 is 0. The molecule has 0 aromatic carbocycles. The van der Waals surface area contributed by atoms with Gasteiger partial charge in [0.2, 0.25) is 5.91 Å². The molecular weight excluding hydrogens is 160 g/mol. The van der Waals surface area contributed by atoms with Crippen LogP contribution in [-0.4, -0.2) is 36.6 Å². The molecule has 0 bridgehead atoms. The first kappa shape index (κ1) is 10.6. The van der Waals surface area contributed by atoms with Crippen LogP contribution in [0.3, 0.4) is 0 Å². The molecule has 0 aliphatic rings. The summed E-state index contributed by atoms with van der Waals surface area (Å²) in [6.45, 7) is 3.40. The van der Waals surface area contributed by atoms with E-state index < -0.39 is 17.9 Å². The van der Waals surface area contributed by atoms with E-state index in [1.165, 1.54) is 0 Å². The maximum Gasteiger partial charge on any atom is 0.327 e. The number of carboxylic acids is 1. The summed E-state index contributed by atoms with van der Waals surface area (Å²) in [4.78, 5) is 21.1. The minimum Gasteiger partial charge on any atom is -0.480 e. The smallest absolute Gasteiger partial charge is 0.327 e. The molecule has 0 aromatic heterocycles. The molecule has 0 rings (SSSR count). The molecule has 0 saturated heterocycles. The molecule has 1 atom stereocenters. The van der Waals surface area contributed by atoms with E-state index in [1.54, 1.807) is 7.05 Å². The molecule has 68 valence electrons. The van der Waals surface area contributed by atoms with Crippen LogP contribution < -0.4 is 10.6 Å². The monoisotopic (exact) mass is 172 g/mol. The average molecular weight is 172 g/mol. The summed E-state index contributed by atoms with van der Waals surface area (Å²) in [5.41, 5.74) is 0. The highest BCUT2D eigenvalue weighted by molar-refractivity contribution is 5.90. The zero-order chi connectivity index (χ0) is 9.56. The van der Waals surface area contributed by atoms with Crippen LogP contribution in [0.1, 0.15) is 0 Å². The normalized spacial score (nSPS) is 11.8. The fourth-order valence-corrected chi connectivity index (χ4v) is 0.635. The number of hydrogen-bond donors (Lipinski definition) is 3. The Hall–Kier alpha value is -1.36. The van der Waals surface area contributed by atoms with Gasteiger partial charge in [-0.25, -0.2) is 4.79 Å².